The third-order valence-corrected chi connectivity index (χ3v) is 5.62. The molecular formula is C26H25N5O4. The first-order chi connectivity index (χ1) is 16.8. The third-order valence-electron chi connectivity index (χ3n) is 5.62. The molecule has 3 amide bonds. The Morgan fingerprint density at radius 1 is 0.971 bits per heavy atom. The van der Waals surface area contributed by atoms with Crippen LogP contribution in [0.3, 0.4) is 0 Å². The van der Waals surface area contributed by atoms with Gasteiger partial charge in [-0.3, -0.25) is 29.1 Å². The Balaban J connectivity index is 1.50. The van der Waals surface area contributed by atoms with Crippen LogP contribution in [0.1, 0.15) is 15.9 Å². The van der Waals surface area contributed by atoms with Crippen LogP contribution in [0.25, 0.3) is 0 Å². The number of carbonyl (C=O) groups excluding carboxylic acids is 4. The van der Waals surface area contributed by atoms with E-state index in [0.29, 0.717) is 11.4 Å². The number of benzene rings is 2. The molecule has 2 heterocycles. The van der Waals surface area contributed by atoms with E-state index < -0.39 is 17.6 Å². The number of nitrogens with one attached hydrogen (secondary N) is 1. The summed E-state index contributed by atoms with van der Waals surface area (Å²) in [5.74, 6) is -2.26. The summed E-state index contributed by atoms with van der Waals surface area (Å²) in [6.45, 7) is -0.468. The van der Waals surface area contributed by atoms with E-state index in [4.69, 9.17) is 0 Å². The van der Waals surface area contributed by atoms with Crippen molar-refractivity contribution in [3.8, 4) is 0 Å². The summed E-state index contributed by atoms with van der Waals surface area (Å²) in [5, 5.41) is 2.80. The molecule has 1 N–H and O–H groups in total. The summed E-state index contributed by atoms with van der Waals surface area (Å²) in [7, 11) is 3.85. The van der Waals surface area contributed by atoms with Crippen molar-refractivity contribution in [1.29, 1.82) is 0 Å². The number of para-hydroxylation sites is 1. The molecule has 0 aliphatic carbocycles. The Kier molecular flexibility index (Phi) is 6.86. The van der Waals surface area contributed by atoms with Crippen LogP contribution < -0.4 is 15.1 Å². The molecule has 9 nitrogen and oxygen atoms in total. The van der Waals surface area contributed by atoms with Crippen molar-refractivity contribution in [2.45, 2.75) is 6.54 Å². The van der Waals surface area contributed by atoms with Gasteiger partial charge in [0.05, 0.1) is 11.3 Å². The summed E-state index contributed by atoms with van der Waals surface area (Å²) in [6.07, 6.45) is 3.23. The van der Waals surface area contributed by atoms with Crippen molar-refractivity contribution < 1.29 is 19.2 Å². The summed E-state index contributed by atoms with van der Waals surface area (Å²) < 4.78 is 0. The van der Waals surface area contributed by atoms with Crippen molar-refractivity contribution in [2.24, 2.45) is 0 Å². The zero-order valence-electron chi connectivity index (χ0n) is 19.5. The molecular weight excluding hydrogens is 446 g/mol. The maximum Gasteiger partial charge on any atom is 0.299 e. The Hall–Kier alpha value is -4.53. The molecule has 1 aromatic heterocycles. The van der Waals surface area contributed by atoms with Gasteiger partial charge in [0.2, 0.25) is 11.8 Å². The highest BCUT2D eigenvalue weighted by Gasteiger charge is 2.37. The lowest BCUT2D eigenvalue weighted by Gasteiger charge is -2.25. The van der Waals surface area contributed by atoms with E-state index in [1.807, 2.05) is 31.1 Å². The van der Waals surface area contributed by atoms with Crippen LogP contribution in [-0.2, 0) is 20.9 Å². The summed E-state index contributed by atoms with van der Waals surface area (Å²) in [6, 6.07) is 17.4. The first kappa shape index (κ1) is 23.6. The zero-order chi connectivity index (χ0) is 24.9. The van der Waals surface area contributed by atoms with Gasteiger partial charge in [-0.25, -0.2) is 0 Å². The number of Topliss-reactive ketones (excluding diaryl/α,β-unsaturated/α-hetero) is 1. The number of amides is 3. The Morgan fingerprint density at radius 3 is 2.40 bits per heavy atom. The first-order valence-corrected chi connectivity index (χ1v) is 11.0. The fraction of sp³-hybridized carbons (Fsp3) is 0.192. The lowest BCUT2D eigenvalue weighted by atomic mass is 10.1. The number of ketones is 1. The summed E-state index contributed by atoms with van der Waals surface area (Å²) in [5.41, 5.74) is 2.98. The largest absolute Gasteiger partial charge is 0.378 e. The fourth-order valence-electron chi connectivity index (χ4n) is 3.80. The normalized spacial score (nSPS) is 12.3. The first-order valence-electron chi connectivity index (χ1n) is 11.0. The molecule has 1 aliphatic heterocycles. The van der Waals surface area contributed by atoms with E-state index in [9.17, 15) is 19.2 Å². The van der Waals surface area contributed by atoms with E-state index in [1.165, 1.54) is 4.90 Å². The van der Waals surface area contributed by atoms with E-state index in [-0.39, 0.29) is 31.1 Å². The lowest BCUT2D eigenvalue weighted by molar-refractivity contribution is -0.134. The van der Waals surface area contributed by atoms with Gasteiger partial charge in [0.15, 0.2) is 0 Å². The number of pyridine rings is 1. The second-order valence-corrected chi connectivity index (χ2v) is 8.34. The number of nitrogens with zero attached hydrogens (tertiary/aromatic N) is 4. The van der Waals surface area contributed by atoms with Crippen molar-refractivity contribution in [3.63, 3.8) is 0 Å². The number of anilines is 3. The van der Waals surface area contributed by atoms with E-state index >= 15 is 0 Å². The highest BCUT2D eigenvalue weighted by molar-refractivity contribution is 6.52. The summed E-state index contributed by atoms with van der Waals surface area (Å²) >= 11 is 0. The number of hydrogen-bond donors (Lipinski definition) is 1. The smallest absolute Gasteiger partial charge is 0.299 e. The van der Waals surface area contributed by atoms with E-state index in [1.54, 1.807) is 60.9 Å². The Bertz CT molecular complexity index is 1260. The molecule has 178 valence electrons. The molecule has 9 heteroatoms. The second kappa shape index (κ2) is 10.2. The van der Waals surface area contributed by atoms with Crippen molar-refractivity contribution in [3.05, 3.63) is 84.2 Å². The van der Waals surface area contributed by atoms with Crippen LogP contribution >= 0.6 is 0 Å². The molecule has 2 aromatic carbocycles. The number of hydrogen-bond acceptors (Lipinski definition) is 6. The quantitative estimate of drug-likeness (QED) is 0.506. The Labute approximate surface area is 203 Å². The molecule has 0 saturated heterocycles. The monoisotopic (exact) mass is 471 g/mol. The van der Waals surface area contributed by atoms with Crippen LogP contribution in [0, 0.1) is 0 Å². The van der Waals surface area contributed by atoms with E-state index in [0.717, 1.165) is 16.2 Å². The topological polar surface area (TPSA) is 103 Å². The van der Waals surface area contributed by atoms with Crippen molar-refractivity contribution >= 4 is 40.6 Å². The maximum atomic E-state index is 13.3. The molecule has 3 aromatic rings. The predicted octanol–water partition coefficient (Wildman–Crippen LogP) is 2.34. The van der Waals surface area contributed by atoms with Gasteiger partial charge < -0.3 is 15.1 Å². The SMILES string of the molecule is CN(C)c1ccc(NC(=O)CN(Cc2cccnc2)C(=O)CN2C(=O)C(=O)c3ccccc32)cc1. The highest BCUT2D eigenvalue weighted by Crippen LogP contribution is 2.28. The van der Waals surface area contributed by atoms with Crippen LogP contribution in [0.4, 0.5) is 17.1 Å². The molecule has 1 aliphatic rings. The van der Waals surface area contributed by atoms with Crippen molar-refractivity contribution in [1.82, 2.24) is 9.88 Å². The van der Waals surface area contributed by atoms with Gasteiger partial charge in [-0.1, -0.05) is 18.2 Å². The van der Waals surface area contributed by atoms with Gasteiger partial charge in [0.1, 0.15) is 13.1 Å². The fourth-order valence-corrected chi connectivity index (χ4v) is 3.80. The van der Waals surface area contributed by atoms with Crippen LogP contribution in [-0.4, -0.2) is 60.6 Å². The average molecular weight is 472 g/mol. The highest BCUT2D eigenvalue weighted by atomic mass is 16.2. The van der Waals surface area contributed by atoms with E-state index in [2.05, 4.69) is 10.3 Å². The number of rotatable bonds is 8. The maximum absolute atomic E-state index is 13.3. The van der Waals surface area contributed by atoms with Crippen LogP contribution in [0.15, 0.2) is 73.1 Å². The minimum absolute atomic E-state index is 0.122. The lowest BCUT2D eigenvalue weighted by Crippen LogP contribution is -2.45. The summed E-state index contributed by atoms with van der Waals surface area (Å²) in [4.78, 5) is 59.5. The molecule has 0 saturated carbocycles. The molecule has 35 heavy (non-hydrogen) atoms. The van der Waals surface area contributed by atoms with Crippen LogP contribution in [0.2, 0.25) is 0 Å². The number of aromatic nitrogens is 1. The van der Waals surface area contributed by atoms with Crippen molar-refractivity contribution in [2.75, 3.05) is 42.3 Å². The number of fused-ring (bicyclic) bond motifs is 1. The molecule has 0 atom stereocenters. The van der Waals surface area contributed by atoms with Gasteiger partial charge in [0.25, 0.3) is 11.7 Å². The Morgan fingerprint density at radius 2 is 1.71 bits per heavy atom. The predicted molar refractivity (Wildman–Crippen MR) is 132 cm³/mol. The van der Waals surface area contributed by atoms with Gasteiger partial charge in [-0.05, 0) is 48.0 Å². The third kappa shape index (κ3) is 5.35. The number of carbonyl (C=O) groups is 4. The van der Waals surface area contributed by atoms with Gasteiger partial charge in [-0.15, -0.1) is 0 Å². The molecule has 0 spiro atoms. The molecule has 0 unspecified atom stereocenters. The second-order valence-electron chi connectivity index (χ2n) is 8.34. The molecule has 0 fully saturated rings. The zero-order valence-corrected chi connectivity index (χ0v) is 19.5. The minimum atomic E-state index is -0.758. The minimum Gasteiger partial charge on any atom is -0.378 e. The standard InChI is InChI=1S/C26H25N5O4/c1-29(2)20-11-9-19(10-12-20)28-23(32)16-30(15-18-6-5-13-27-14-18)24(33)17-31-22-8-4-3-7-21(22)25(34)26(31)35/h3-14H,15-17H2,1-2H3,(H,28,32). The van der Waals surface area contributed by atoms with Gasteiger partial charge in [-0.2, -0.15) is 0 Å². The molecule has 0 bridgehead atoms. The van der Waals surface area contributed by atoms with Crippen LogP contribution in [0.5, 0.6) is 0 Å². The average Bonchev–Trinajstić information content (AvgIpc) is 3.09. The van der Waals surface area contributed by atoms with Gasteiger partial charge in [0, 0.05) is 44.4 Å². The molecule has 4 rings (SSSR count). The van der Waals surface area contributed by atoms with Gasteiger partial charge >= 0.3 is 0 Å². The molecule has 0 radical (unpaired) electrons.